The summed E-state index contributed by atoms with van der Waals surface area (Å²) in [6.07, 6.45) is 2.11. The van der Waals surface area contributed by atoms with Crippen LogP contribution in [0.4, 0.5) is 4.39 Å². The van der Waals surface area contributed by atoms with E-state index in [0.717, 1.165) is 28.3 Å². The average Bonchev–Trinajstić information content (AvgIpc) is 3.47. The van der Waals surface area contributed by atoms with Crippen LogP contribution in [0.15, 0.2) is 76.5 Å². The fourth-order valence-corrected chi connectivity index (χ4v) is 7.52. The molecule has 1 N–H and O–H groups in total. The maximum absolute atomic E-state index is 14.5. The Balaban J connectivity index is 1.42. The summed E-state index contributed by atoms with van der Waals surface area (Å²) in [5.41, 5.74) is 1.64. The summed E-state index contributed by atoms with van der Waals surface area (Å²) in [6, 6.07) is 16.7. The van der Waals surface area contributed by atoms with Crippen molar-refractivity contribution in [3.8, 4) is 0 Å². The van der Waals surface area contributed by atoms with Crippen molar-refractivity contribution < 1.29 is 26.0 Å². The molecule has 0 aromatic heterocycles. The van der Waals surface area contributed by atoms with Crippen molar-refractivity contribution in [3.05, 3.63) is 94.3 Å². The van der Waals surface area contributed by atoms with Gasteiger partial charge < -0.3 is 5.32 Å². The highest BCUT2D eigenvalue weighted by atomic mass is 35.5. The second kappa shape index (κ2) is 12.8. The minimum atomic E-state index is -4.16. The first kappa shape index (κ1) is 30.1. The number of carbonyl (C=O) groups excluding carboxylic acids is 1. The van der Waals surface area contributed by atoms with Gasteiger partial charge in [0, 0.05) is 36.8 Å². The molecule has 1 amide bonds. The molecule has 1 aliphatic heterocycles. The summed E-state index contributed by atoms with van der Waals surface area (Å²) in [7, 11) is -7.67. The smallest absolute Gasteiger partial charge is 0.243 e. The number of hydrogen-bond acceptors (Lipinski definition) is 5. The first-order valence-electron chi connectivity index (χ1n) is 12.8. The number of nitrogens with zero attached hydrogens (tertiary/aromatic N) is 2. The highest BCUT2D eigenvalue weighted by Gasteiger charge is 2.29. The van der Waals surface area contributed by atoms with Gasteiger partial charge in [-0.25, -0.2) is 21.2 Å². The summed E-state index contributed by atoms with van der Waals surface area (Å²) in [5.74, 6) is -1.25. The van der Waals surface area contributed by atoms with Crippen LogP contribution in [-0.2, 0) is 37.8 Å². The molecule has 0 atom stereocenters. The fraction of sp³-hybridized carbons (Fsp3) is 0.321. The van der Waals surface area contributed by atoms with Crippen LogP contribution in [0.2, 0.25) is 5.02 Å². The van der Waals surface area contributed by atoms with Crippen LogP contribution in [0.3, 0.4) is 0 Å². The van der Waals surface area contributed by atoms with Gasteiger partial charge in [0.15, 0.2) is 0 Å². The predicted octanol–water partition coefficient (Wildman–Crippen LogP) is 4.12. The Morgan fingerprint density at radius 2 is 1.57 bits per heavy atom. The molecule has 1 fully saturated rings. The number of benzene rings is 3. The van der Waals surface area contributed by atoms with E-state index in [4.69, 9.17) is 11.6 Å². The van der Waals surface area contributed by atoms with E-state index in [1.807, 2.05) is 6.92 Å². The van der Waals surface area contributed by atoms with Crippen molar-refractivity contribution in [1.29, 1.82) is 0 Å². The molecule has 0 spiro atoms. The number of halogens is 2. The molecule has 3 aromatic rings. The van der Waals surface area contributed by atoms with Gasteiger partial charge in [-0.3, -0.25) is 4.79 Å². The van der Waals surface area contributed by atoms with Gasteiger partial charge in [-0.1, -0.05) is 47.5 Å². The maximum atomic E-state index is 14.5. The Morgan fingerprint density at radius 1 is 0.950 bits per heavy atom. The number of nitrogens with one attached hydrogen (secondary N) is 1. The molecule has 8 nitrogen and oxygen atoms in total. The summed E-state index contributed by atoms with van der Waals surface area (Å²) in [4.78, 5) is 13.0. The third-order valence-corrected chi connectivity index (χ3v) is 10.8. The van der Waals surface area contributed by atoms with Gasteiger partial charge in [0.1, 0.15) is 5.82 Å². The Morgan fingerprint density at radius 3 is 2.20 bits per heavy atom. The lowest BCUT2D eigenvalue weighted by molar-refractivity contribution is -0.121. The van der Waals surface area contributed by atoms with Crippen molar-refractivity contribution in [2.45, 2.75) is 42.5 Å². The summed E-state index contributed by atoms with van der Waals surface area (Å²) < 4.78 is 69.2. The van der Waals surface area contributed by atoms with Crippen LogP contribution in [0.5, 0.6) is 0 Å². The lowest BCUT2D eigenvalue weighted by Gasteiger charge is -2.23. The number of hydrogen-bond donors (Lipinski definition) is 1. The van der Waals surface area contributed by atoms with E-state index in [0.29, 0.717) is 19.5 Å². The molecular formula is C28H31ClFN3O5S2. The van der Waals surface area contributed by atoms with Crippen LogP contribution < -0.4 is 5.32 Å². The topological polar surface area (TPSA) is 104 Å². The van der Waals surface area contributed by atoms with Gasteiger partial charge in [-0.2, -0.15) is 8.61 Å². The normalized spacial score (nSPS) is 14.5. The first-order valence-corrected chi connectivity index (χ1v) is 16.1. The van der Waals surface area contributed by atoms with Crippen LogP contribution in [0.25, 0.3) is 0 Å². The highest BCUT2D eigenvalue weighted by molar-refractivity contribution is 7.89. The zero-order chi connectivity index (χ0) is 28.9. The van der Waals surface area contributed by atoms with E-state index in [9.17, 15) is 26.0 Å². The van der Waals surface area contributed by atoms with Crippen molar-refractivity contribution in [2.24, 2.45) is 0 Å². The molecule has 40 heavy (non-hydrogen) atoms. The zero-order valence-corrected chi connectivity index (χ0v) is 24.4. The molecule has 12 heteroatoms. The molecule has 0 aliphatic carbocycles. The second-order valence-electron chi connectivity index (χ2n) is 9.64. The van der Waals surface area contributed by atoms with E-state index in [1.165, 1.54) is 34.6 Å². The van der Waals surface area contributed by atoms with Gasteiger partial charge in [-0.05, 0) is 68.1 Å². The van der Waals surface area contributed by atoms with Crippen LogP contribution >= 0.6 is 11.6 Å². The quantitative estimate of drug-likeness (QED) is 0.353. The summed E-state index contributed by atoms with van der Waals surface area (Å²) in [6.45, 7) is 2.08. The molecule has 0 bridgehead atoms. The van der Waals surface area contributed by atoms with E-state index in [-0.39, 0.29) is 26.9 Å². The molecule has 1 saturated heterocycles. The molecule has 0 unspecified atom stereocenters. The number of sulfonamides is 2. The molecule has 3 aromatic carbocycles. The number of amides is 1. The number of carbonyl (C=O) groups is 1. The standard InChI is InChI=1S/C28H31ClFN3O5S2/c1-21-7-11-23(12-8-21)40(37,38)33(19-25-26(29)5-4-6-27(25)30)20-28(34)31-16-15-22-9-13-24(14-10-22)39(35,36)32-17-2-3-18-32/h4-14H,2-3,15-20H2,1H3,(H,31,34). The Kier molecular flexibility index (Phi) is 9.63. The predicted molar refractivity (Wildman–Crippen MR) is 151 cm³/mol. The van der Waals surface area contributed by atoms with E-state index in [2.05, 4.69) is 5.32 Å². The number of rotatable bonds is 11. The van der Waals surface area contributed by atoms with Gasteiger partial charge >= 0.3 is 0 Å². The Labute approximate surface area is 239 Å². The van der Waals surface area contributed by atoms with E-state index >= 15 is 0 Å². The number of aryl methyl sites for hydroxylation is 1. The van der Waals surface area contributed by atoms with Crippen LogP contribution in [0, 0.1) is 12.7 Å². The Bertz CT molecular complexity index is 1540. The van der Waals surface area contributed by atoms with Crippen LogP contribution in [-0.4, -0.2) is 57.5 Å². The fourth-order valence-electron chi connectivity index (χ4n) is 4.41. The first-order chi connectivity index (χ1) is 19.0. The SMILES string of the molecule is Cc1ccc(S(=O)(=O)N(CC(=O)NCCc2ccc(S(=O)(=O)N3CCCC3)cc2)Cc2c(F)cccc2Cl)cc1. The zero-order valence-electron chi connectivity index (χ0n) is 22.0. The lowest BCUT2D eigenvalue weighted by Crippen LogP contribution is -2.41. The Hall–Kier alpha value is -2.83. The lowest BCUT2D eigenvalue weighted by atomic mass is 10.1. The van der Waals surface area contributed by atoms with Crippen molar-refractivity contribution in [3.63, 3.8) is 0 Å². The van der Waals surface area contributed by atoms with Crippen LogP contribution in [0.1, 0.15) is 29.5 Å². The minimum Gasteiger partial charge on any atom is -0.355 e. The van der Waals surface area contributed by atoms with Gasteiger partial charge in [0.05, 0.1) is 16.3 Å². The maximum Gasteiger partial charge on any atom is 0.243 e. The van der Waals surface area contributed by atoms with Gasteiger partial charge in [-0.15, -0.1) is 0 Å². The molecule has 4 rings (SSSR count). The summed E-state index contributed by atoms with van der Waals surface area (Å²) in [5, 5.41) is 2.76. The highest BCUT2D eigenvalue weighted by Crippen LogP contribution is 2.25. The third-order valence-electron chi connectivity index (χ3n) is 6.74. The van der Waals surface area contributed by atoms with E-state index < -0.39 is 44.9 Å². The van der Waals surface area contributed by atoms with E-state index in [1.54, 1.807) is 36.4 Å². The molecule has 0 saturated carbocycles. The average molecular weight is 608 g/mol. The van der Waals surface area contributed by atoms with Crippen molar-refractivity contribution in [1.82, 2.24) is 13.9 Å². The molecule has 214 valence electrons. The summed E-state index contributed by atoms with van der Waals surface area (Å²) >= 11 is 6.15. The van der Waals surface area contributed by atoms with Crippen molar-refractivity contribution in [2.75, 3.05) is 26.2 Å². The largest absolute Gasteiger partial charge is 0.355 e. The molecule has 1 aliphatic rings. The monoisotopic (exact) mass is 607 g/mol. The van der Waals surface area contributed by atoms with Gasteiger partial charge in [0.2, 0.25) is 26.0 Å². The van der Waals surface area contributed by atoms with Crippen molar-refractivity contribution >= 4 is 37.6 Å². The molecule has 1 heterocycles. The molecule has 0 radical (unpaired) electrons. The van der Waals surface area contributed by atoms with Gasteiger partial charge in [0.25, 0.3) is 0 Å². The third kappa shape index (κ3) is 7.08. The minimum absolute atomic E-state index is 0.0256. The molecular weight excluding hydrogens is 577 g/mol. The second-order valence-corrected chi connectivity index (χ2v) is 13.9.